The van der Waals surface area contributed by atoms with E-state index in [2.05, 4.69) is 282 Å². The normalized spacial score (nSPS) is 11.7. The van der Waals surface area contributed by atoms with Crippen LogP contribution >= 0.6 is 0 Å². The van der Waals surface area contributed by atoms with Crippen LogP contribution in [0.5, 0.6) is 0 Å². The SMILES string of the molecule is c1ccc(-c2ccccc2-c2cccc(-c3nc(-c4ccc(-c5cccc(-c6cccc7c6oc6ccccc67)c5)cc4)nc(-c4cccc(-n5c6ccccc6c6ccc7c8ccccc8n(-c8ccccc8)c7c65)c4)n3)c2)cc1. The Labute approximate surface area is 466 Å². The summed E-state index contributed by atoms with van der Waals surface area (Å²) in [6, 6.07) is 101. The van der Waals surface area contributed by atoms with Gasteiger partial charge >= 0.3 is 0 Å². The lowest BCUT2D eigenvalue weighted by Crippen LogP contribution is -2.02. The van der Waals surface area contributed by atoms with Gasteiger partial charge in [0.2, 0.25) is 0 Å². The fourth-order valence-corrected chi connectivity index (χ4v) is 12.2. The number of hydrogen-bond donors (Lipinski definition) is 0. The quantitative estimate of drug-likeness (QED) is 0.145. The van der Waals surface area contributed by atoms with E-state index in [0.29, 0.717) is 17.5 Å². The van der Waals surface area contributed by atoms with E-state index in [-0.39, 0.29) is 0 Å². The van der Waals surface area contributed by atoms with Gasteiger partial charge in [0, 0.05) is 65.9 Å². The summed E-state index contributed by atoms with van der Waals surface area (Å²) >= 11 is 0. The van der Waals surface area contributed by atoms with Crippen LogP contribution in [0.4, 0.5) is 0 Å². The minimum absolute atomic E-state index is 0.577. The third-order valence-corrected chi connectivity index (χ3v) is 16.0. The number of hydrogen-bond acceptors (Lipinski definition) is 4. The second-order valence-corrected chi connectivity index (χ2v) is 20.7. The third-order valence-electron chi connectivity index (χ3n) is 16.0. The van der Waals surface area contributed by atoms with Crippen molar-refractivity contribution in [1.29, 1.82) is 0 Å². The van der Waals surface area contributed by atoms with Crippen LogP contribution in [0, 0.1) is 0 Å². The summed E-state index contributed by atoms with van der Waals surface area (Å²) in [7, 11) is 0. The summed E-state index contributed by atoms with van der Waals surface area (Å²) in [6.07, 6.45) is 0. The largest absolute Gasteiger partial charge is 0.455 e. The Kier molecular flexibility index (Phi) is 10.8. The second-order valence-electron chi connectivity index (χ2n) is 20.7. The molecule has 4 aromatic heterocycles. The first-order valence-corrected chi connectivity index (χ1v) is 27.4. The molecule has 0 atom stereocenters. The highest BCUT2D eigenvalue weighted by Gasteiger charge is 2.23. The van der Waals surface area contributed by atoms with Crippen molar-refractivity contribution in [1.82, 2.24) is 24.1 Å². The molecule has 0 amide bonds. The zero-order valence-electron chi connectivity index (χ0n) is 43.8. The summed E-state index contributed by atoms with van der Waals surface area (Å²) in [4.78, 5) is 16.1. The Hall–Kier alpha value is -11.0. The van der Waals surface area contributed by atoms with E-state index in [9.17, 15) is 0 Å². The summed E-state index contributed by atoms with van der Waals surface area (Å²) in [6.45, 7) is 0. The minimum atomic E-state index is 0.577. The van der Waals surface area contributed by atoms with Gasteiger partial charge in [-0.25, -0.2) is 15.0 Å². The van der Waals surface area contributed by atoms with Crippen molar-refractivity contribution in [2.45, 2.75) is 0 Å². The van der Waals surface area contributed by atoms with Crippen molar-refractivity contribution in [3.8, 4) is 90.0 Å². The third kappa shape index (κ3) is 7.76. The van der Waals surface area contributed by atoms with Gasteiger partial charge in [0.25, 0.3) is 0 Å². The van der Waals surface area contributed by atoms with E-state index in [1.54, 1.807) is 0 Å². The molecule has 16 rings (SSSR count). The summed E-state index contributed by atoms with van der Waals surface area (Å²) in [5, 5.41) is 7.00. The molecular formula is C75H47N5O. The number of aromatic nitrogens is 5. The molecule has 0 spiro atoms. The molecule has 16 aromatic rings. The Morgan fingerprint density at radius 2 is 0.679 bits per heavy atom. The lowest BCUT2D eigenvalue weighted by atomic mass is 9.94. The molecule has 4 heterocycles. The lowest BCUT2D eigenvalue weighted by molar-refractivity contribution is 0.670. The molecular weight excluding hydrogens is 987 g/mol. The molecule has 0 aliphatic heterocycles. The van der Waals surface area contributed by atoms with Crippen LogP contribution in [0.3, 0.4) is 0 Å². The van der Waals surface area contributed by atoms with E-state index >= 15 is 0 Å². The number of para-hydroxylation sites is 5. The number of rotatable bonds is 9. The highest BCUT2D eigenvalue weighted by atomic mass is 16.3. The fraction of sp³-hybridized carbons (Fsp3) is 0. The zero-order valence-corrected chi connectivity index (χ0v) is 43.8. The maximum atomic E-state index is 6.47. The van der Waals surface area contributed by atoms with Crippen molar-refractivity contribution >= 4 is 65.6 Å². The minimum Gasteiger partial charge on any atom is -0.455 e. The molecule has 12 aromatic carbocycles. The lowest BCUT2D eigenvalue weighted by Gasteiger charge is -2.14. The Balaban J connectivity index is 0.852. The van der Waals surface area contributed by atoms with Crippen LogP contribution < -0.4 is 0 Å². The number of benzene rings is 12. The molecule has 0 aliphatic rings. The molecule has 378 valence electrons. The number of nitrogens with zero attached hydrogens (tertiary/aromatic N) is 5. The molecule has 6 nitrogen and oxygen atoms in total. The van der Waals surface area contributed by atoms with E-state index in [1.165, 1.54) is 21.5 Å². The van der Waals surface area contributed by atoms with Crippen molar-refractivity contribution in [2.75, 3.05) is 0 Å². The van der Waals surface area contributed by atoms with Gasteiger partial charge in [-0.1, -0.05) is 231 Å². The molecule has 0 bridgehead atoms. The summed E-state index contributed by atoms with van der Waals surface area (Å²) < 4.78 is 11.3. The molecule has 0 saturated carbocycles. The van der Waals surface area contributed by atoms with Crippen molar-refractivity contribution in [2.24, 2.45) is 0 Å². The van der Waals surface area contributed by atoms with Gasteiger partial charge in [0.05, 0.1) is 22.1 Å². The summed E-state index contributed by atoms with van der Waals surface area (Å²) in [5.41, 5.74) is 20.0. The van der Waals surface area contributed by atoms with Gasteiger partial charge in [0.15, 0.2) is 17.5 Å². The monoisotopic (exact) mass is 1030 g/mol. The smallest absolute Gasteiger partial charge is 0.164 e. The first-order chi connectivity index (χ1) is 40.2. The highest BCUT2D eigenvalue weighted by molar-refractivity contribution is 6.24. The zero-order chi connectivity index (χ0) is 53.4. The molecule has 0 unspecified atom stereocenters. The summed E-state index contributed by atoms with van der Waals surface area (Å²) in [5.74, 6) is 1.74. The maximum absolute atomic E-state index is 6.47. The van der Waals surface area contributed by atoms with Crippen molar-refractivity contribution in [3.63, 3.8) is 0 Å². The fourth-order valence-electron chi connectivity index (χ4n) is 12.2. The van der Waals surface area contributed by atoms with Crippen molar-refractivity contribution in [3.05, 3.63) is 285 Å². The van der Waals surface area contributed by atoms with Crippen molar-refractivity contribution < 1.29 is 4.42 Å². The number of furan rings is 1. The molecule has 0 saturated heterocycles. The van der Waals surface area contributed by atoms with E-state index in [0.717, 1.165) is 117 Å². The van der Waals surface area contributed by atoms with Gasteiger partial charge < -0.3 is 13.6 Å². The Morgan fingerprint density at radius 3 is 1.37 bits per heavy atom. The van der Waals surface area contributed by atoms with Gasteiger partial charge in [-0.2, -0.15) is 0 Å². The van der Waals surface area contributed by atoms with Gasteiger partial charge in [-0.05, 0) is 93.5 Å². The highest BCUT2D eigenvalue weighted by Crippen LogP contribution is 2.43. The Morgan fingerprint density at radius 1 is 0.247 bits per heavy atom. The van der Waals surface area contributed by atoms with Crippen LogP contribution in [-0.2, 0) is 0 Å². The van der Waals surface area contributed by atoms with Gasteiger partial charge in [-0.15, -0.1) is 0 Å². The second kappa shape index (κ2) is 18.9. The molecule has 81 heavy (non-hydrogen) atoms. The standard InChI is InChI=1S/C75H47N5O/c1-3-19-49(20-4-1)58-29-7-8-30-59(58)52-22-16-24-54(46-52)74-76-73(50-41-39-48(40-42-50)51-21-15-23-53(45-51)60-34-18-35-66-63-33-11-14-38-69(63)81-72(60)66)77-75(78-74)55-25-17-28-57(47-55)80-68-37-13-10-32-62(68)65-44-43-64-61-31-9-12-36-67(61)79(70(64)71(65)80)56-26-5-2-6-27-56/h1-47H. The van der Waals surface area contributed by atoms with E-state index in [1.807, 2.05) is 12.1 Å². The molecule has 0 aliphatic carbocycles. The van der Waals surface area contributed by atoms with Crippen LogP contribution in [0.15, 0.2) is 290 Å². The predicted molar refractivity (Wildman–Crippen MR) is 334 cm³/mol. The van der Waals surface area contributed by atoms with Crippen LogP contribution in [0.25, 0.3) is 156 Å². The Bertz CT molecular complexity index is 5110. The maximum Gasteiger partial charge on any atom is 0.164 e. The average Bonchev–Trinajstić information content (AvgIpc) is 4.10. The number of fused-ring (bicyclic) bond motifs is 10. The van der Waals surface area contributed by atoms with Gasteiger partial charge in [0.1, 0.15) is 11.2 Å². The average molecular weight is 1030 g/mol. The van der Waals surface area contributed by atoms with Gasteiger partial charge in [-0.3, -0.25) is 0 Å². The van der Waals surface area contributed by atoms with Crippen LogP contribution in [0.1, 0.15) is 0 Å². The van der Waals surface area contributed by atoms with Crippen LogP contribution in [-0.4, -0.2) is 24.1 Å². The molecule has 0 radical (unpaired) electrons. The predicted octanol–water partition coefficient (Wildman–Crippen LogP) is 19.6. The van der Waals surface area contributed by atoms with E-state index < -0.39 is 0 Å². The van der Waals surface area contributed by atoms with E-state index in [4.69, 9.17) is 19.4 Å². The van der Waals surface area contributed by atoms with Crippen LogP contribution in [0.2, 0.25) is 0 Å². The first kappa shape index (κ1) is 46.2. The first-order valence-electron chi connectivity index (χ1n) is 27.4. The molecule has 0 N–H and O–H groups in total. The molecule has 0 fully saturated rings. The molecule has 6 heteroatoms. The topological polar surface area (TPSA) is 61.7 Å².